The molecule has 6 nitrogen and oxygen atoms in total. The number of ether oxygens (including phenoxy) is 2. The molecule has 0 aromatic heterocycles. The summed E-state index contributed by atoms with van der Waals surface area (Å²) in [7, 11) is 2.88. The Balaban J connectivity index is 4.55. The van der Waals surface area contributed by atoms with Gasteiger partial charge in [0.05, 0.1) is 0 Å². The van der Waals surface area contributed by atoms with Crippen LogP contribution in [0.3, 0.4) is 0 Å². The summed E-state index contributed by atoms with van der Waals surface area (Å²) < 4.78 is 10.3. The maximum Gasteiger partial charge on any atom is 0.429 e. The van der Waals surface area contributed by atoms with Crippen LogP contribution in [0.15, 0.2) is 0 Å². The molecule has 0 saturated carbocycles. The molecule has 0 aliphatic carbocycles. The van der Waals surface area contributed by atoms with Gasteiger partial charge in [-0.15, -0.1) is 0 Å². The van der Waals surface area contributed by atoms with Crippen LogP contribution in [0, 0.1) is 0 Å². The lowest BCUT2D eigenvalue weighted by Crippen LogP contribution is -2.48. The van der Waals surface area contributed by atoms with E-state index in [1.165, 1.54) is 14.1 Å². The van der Waals surface area contributed by atoms with Crippen LogP contribution in [0.1, 0.15) is 41.5 Å². The zero-order valence-corrected chi connectivity index (χ0v) is 12.5. The molecule has 0 fully saturated rings. The minimum Gasteiger partial charge on any atom is -0.442 e. The summed E-state index contributed by atoms with van der Waals surface area (Å²) in [6.45, 7) is 10.5. The fourth-order valence-corrected chi connectivity index (χ4v) is 0.901. The molecule has 0 aromatic rings. The third-order valence-corrected chi connectivity index (χ3v) is 1.77. The third kappa shape index (κ3) is 6.32. The van der Waals surface area contributed by atoms with E-state index >= 15 is 0 Å². The summed E-state index contributed by atoms with van der Waals surface area (Å²) in [5.74, 6) is 0. The first-order chi connectivity index (χ1) is 7.83. The van der Waals surface area contributed by atoms with Crippen LogP contribution in [0.2, 0.25) is 0 Å². The largest absolute Gasteiger partial charge is 0.442 e. The Morgan fingerprint density at radius 1 is 0.722 bits per heavy atom. The Morgan fingerprint density at radius 3 is 1.11 bits per heavy atom. The van der Waals surface area contributed by atoms with Crippen LogP contribution in [-0.2, 0) is 9.47 Å². The van der Waals surface area contributed by atoms with Crippen molar-refractivity contribution < 1.29 is 19.1 Å². The molecule has 0 aliphatic heterocycles. The molecule has 106 valence electrons. The molecule has 0 bridgehead atoms. The lowest BCUT2D eigenvalue weighted by Gasteiger charge is -2.32. The quantitative estimate of drug-likeness (QED) is 0.628. The monoisotopic (exact) mass is 260 g/mol. The second kappa shape index (κ2) is 5.46. The second-order valence-electron chi connectivity index (χ2n) is 6.01. The Labute approximate surface area is 109 Å². The van der Waals surface area contributed by atoms with Crippen LogP contribution < -0.4 is 0 Å². The average Bonchev–Trinajstić information content (AvgIpc) is 2.09. The molecule has 0 atom stereocenters. The summed E-state index contributed by atoms with van der Waals surface area (Å²) in [6.07, 6.45) is -1.23. The lowest BCUT2D eigenvalue weighted by atomic mass is 10.2. The van der Waals surface area contributed by atoms with Gasteiger partial charge in [-0.05, 0) is 41.5 Å². The Kier molecular flexibility index (Phi) is 5.01. The van der Waals surface area contributed by atoms with Crippen molar-refractivity contribution in [3.63, 3.8) is 0 Å². The summed E-state index contributed by atoms with van der Waals surface area (Å²) in [5, 5.41) is 2.14. The third-order valence-electron chi connectivity index (χ3n) is 1.77. The minimum atomic E-state index is -0.615. The zero-order chi connectivity index (χ0) is 14.7. The van der Waals surface area contributed by atoms with E-state index in [4.69, 9.17) is 9.47 Å². The Morgan fingerprint density at radius 2 is 0.944 bits per heavy atom. The van der Waals surface area contributed by atoms with E-state index in [0.717, 1.165) is 10.0 Å². The molecule has 6 heteroatoms. The number of hydrogen-bond acceptors (Lipinski definition) is 4. The minimum absolute atomic E-state index is 0.611. The van der Waals surface area contributed by atoms with Crippen molar-refractivity contribution in [1.82, 2.24) is 10.0 Å². The van der Waals surface area contributed by atoms with E-state index < -0.39 is 23.4 Å². The van der Waals surface area contributed by atoms with E-state index in [2.05, 4.69) is 0 Å². The predicted molar refractivity (Wildman–Crippen MR) is 68.0 cm³/mol. The fourth-order valence-electron chi connectivity index (χ4n) is 0.901. The number of amides is 2. The van der Waals surface area contributed by atoms with Crippen LogP contribution in [0.4, 0.5) is 9.59 Å². The molecule has 2 amide bonds. The van der Waals surface area contributed by atoms with E-state index in [9.17, 15) is 9.59 Å². The highest BCUT2D eigenvalue weighted by molar-refractivity contribution is 5.74. The molecule has 0 spiro atoms. The van der Waals surface area contributed by atoms with Crippen LogP contribution in [-0.4, -0.2) is 47.5 Å². The molecule has 18 heavy (non-hydrogen) atoms. The number of nitrogens with zero attached hydrogens (tertiary/aromatic N) is 2. The van der Waals surface area contributed by atoms with Gasteiger partial charge >= 0.3 is 12.2 Å². The van der Waals surface area contributed by atoms with E-state index in [-0.39, 0.29) is 0 Å². The second-order valence-corrected chi connectivity index (χ2v) is 6.01. The highest BCUT2D eigenvalue weighted by atomic mass is 16.6. The van der Waals surface area contributed by atoms with Gasteiger partial charge in [-0.1, -0.05) is 0 Å². The molecule has 0 aromatic carbocycles. The van der Waals surface area contributed by atoms with Crippen molar-refractivity contribution in [2.75, 3.05) is 14.1 Å². The number of carbonyl (C=O) groups is 2. The first-order valence-electron chi connectivity index (χ1n) is 5.77. The van der Waals surface area contributed by atoms with Gasteiger partial charge in [0.1, 0.15) is 11.2 Å². The Bertz CT molecular complexity index is 283. The van der Waals surface area contributed by atoms with Gasteiger partial charge in [-0.3, -0.25) is 0 Å². The summed E-state index contributed by atoms with van der Waals surface area (Å²) in [5.41, 5.74) is -1.22. The van der Waals surface area contributed by atoms with Gasteiger partial charge in [-0.25, -0.2) is 19.6 Å². The number of hydrogen-bond donors (Lipinski definition) is 0. The Hall–Kier alpha value is -1.46. The molecular formula is C12H24N2O4. The molecular weight excluding hydrogens is 236 g/mol. The molecule has 0 N–H and O–H groups in total. The van der Waals surface area contributed by atoms with E-state index in [0.29, 0.717) is 0 Å². The van der Waals surface area contributed by atoms with Gasteiger partial charge in [0, 0.05) is 14.1 Å². The van der Waals surface area contributed by atoms with Gasteiger partial charge in [0.15, 0.2) is 0 Å². The first-order valence-corrected chi connectivity index (χ1v) is 5.77. The standard InChI is InChI=1S/C12H24N2O4/c1-11(2,3)17-9(15)13(7)14(8)10(16)18-12(4,5)6/h1-8H3. The summed E-state index contributed by atoms with van der Waals surface area (Å²) >= 11 is 0. The molecule has 0 radical (unpaired) electrons. The fraction of sp³-hybridized carbons (Fsp3) is 0.833. The normalized spacial score (nSPS) is 11.8. The number of carbonyl (C=O) groups excluding carboxylic acids is 2. The smallest absolute Gasteiger partial charge is 0.429 e. The van der Waals surface area contributed by atoms with Crippen molar-refractivity contribution in [3.8, 4) is 0 Å². The van der Waals surface area contributed by atoms with Crippen LogP contribution >= 0.6 is 0 Å². The van der Waals surface area contributed by atoms with Crippen molar-refractivity contribution in [2.24, 2.45) is 0 Å². The number of rotatable bonds is 0. The maximum absolute atomic E-state index is 11.7. The van der Waals surface area contributed by atoms with Crippen LogP contribution in [0.5, 0.6) is 0 Å². The topological polar surface area (TPSA) is 59.1 Å². The lowest BCUT2D eigenvalue weighted by molar-refractivity contribution is -0.0428. The molecule has 0 rings (SSSR count). The van der Waals surface area contributed by atoms with Crippen molar-refractivity contribution in [3.05, 3.63) is 0 Å². The molecule has 0 aliphatic rings. The number of hydrazine groups is 1. The van der Waals surface area contributed by atoms with Crippen molar-refractivity contribution >= 4 is 12.2 Å². The van der Waals surface area contributed by atoms with Crippen molar-refractivity contribution in [2.45, 2.75) is 52.7 Å². The van der Waals surface area contributed by atoms with Gasteiger partial charge in [-0.2, -0.15) is 0 Å². The SMILES string of the molecule is CN(C(=O)OC(C)(C)C)N(C)C(=O)OC(C)(C)C. The van der Waals surface area contributed by atoms with Gasteiger partial charge in [0.25, 0.3) is 0 Å². The van der Waals surface area contributed by atoms with Gasteiger partial charge in [0.2, 0.25) is 0 Å². The highest BCUT2D eigenvalue weighted by Crippen LogP contribution is 2.13. The molecule has 0 saturated heterocycles. The van der Waals surface area contributed by atoms with E-state index in [1.807, 2.05) is 0 Å². The molecule has 0 unspecified atom stereocenters. The molecule has 0 heterocycles. The van der Waals surface area contributed by atoms with Gasteiger partial charge < -0.3 is 9.47 Å². The van der Waals surface area contributed by atoms with Crippen molar-refractivity contribution in [1.29, 1.82) is 0 Å². The summed E-state index contributed by atoms with van der Waals surface area (Å²) in [6, 6.07) is 0. The first kappa shape index (κ1) is 16.5. The summed E-state index contributed by atoms with van der Waals surface area (Å²) in [4.78, 5) is 23.4. The maximum atomic E-state index is 11.7. The zero-order valence-electron chi connectivity index (χ0n) is 12.5. The van der Waals surface area contributed by atoms with E-state index in [1.54, 1.807) is 41.5 Å². The van der Waals surface area contributed by atoms with Crippen LogP contribution in [0.25, 0.3) is 0 Å². The predicted octanol–water partition coefficient (Wildman–Crippen LogP) is 2.64. The highest BCUT2D eigenvalue weighted by Gasteiger charge is 2.27. The average molecular weight is 260 g/mol.